The van der Waals surface area contributed by atoms with Crippen molar-refractivity contribution >= 4 is 29.1 Å². The van der Waals surface area contributed by atoms with Gasteiger partial charge < -0.3 is 4.90 Å². The van der Waals surface area contributed by atoms with Crippen molar-refractivity contribution in [3.63, 3.8) is 0 Å². The number of rotatable bonds is 3. The molecule has 0 saturated carbocycles. The van der Waals surface area contributed by atoms with Gasteiger partial charge in [-0.15, -0.1) is 11.6 Å². The molecule has 1 aromatic rings. The van der Waals surface area contributed by atoms with Gasteiger partial charge in [-0.25, -0.2) is 0 Å². The summed E-state index contributed by atoms with van der Waals surface area (Å²) in [6.07, 6.45) is 0. The smallest absolute Gasteiger partial charge is 0.237 e. The number of hydrogen-bond acceptors (Lipinski definition) is 1. The van der Waals surface area contributed by atoms with E-state index in [9.17, 15) is 4.79 Å². The lowest BCUT2D eigenvalue weighted by molar-refractivity contribution is -0.131. The van der Waals surface area contributed by atoms with Crippen molar-refractivity contribution in [2.75, 3.05) is 12.9 Å². The second-order valence-corrected chi connectivity index (χ2v) is 6.16. The number of carbonyl (C=O) groups excluding carboxylic acids is 1. The van der Waals surface area contributed by atoms with E-state index in [2.05, 4.69) is 20.8 Å². The average molecular weight is 288 g/mol. The Kier molecular flexibility index (Phi) is 5.06. The molecule has 0 spiro atoms. The molecule has 2 nitrogen and oxygen atoms in total. The van der Waals surface area contributed by atoms with Gasteiger partial charge in [0.1, 0.15) is 5.88 Å². The number of carbonyl (C=O) groups is 1. The summed E-state index contributed by atoms with van der Waals surface area (Å²) in [6.45, 7) is 6.30. The monoisotopic (exact) mass is 287 g/mol. The van der Waals surface area contributed by atoms with E-state index in [1.54, 1.807) is 11.9 Å². The van der Waals surface area contributed by atoms with Crippen LogP contribution in [0.15, 0.2) is 24.3 Å². The fraction of sp³-hybridized carbons (Fsp3) is 0.500. The van der Waals surface area contributed by atoms with E-state index in [-0.39, 0.29) is 23.2 Å². The number of alkyl halides is 1. The lowest BCUT2D eigenvalue weighted by Crippen LogP contribution is -2.39. The summed E-state index contributed by atoms with van der Waals surface area (Å²) in [6, 6.07) is 7.57. The third-order valence-corrected chi connectivity index (χ3v) is 3.38. The van der Waals surface area contributed by atoms with Crippen LogP contribution in [-0.2, 0) is 4.79 Å². The summed E-state index contributed by atoms with van der Waals surface area (Å²) >= 11 is 11.5. The number of amides is 1. The van der Waals surface area contributed by atoms with E-state index in [4.69, 9.17) is 23.2 Å². The summed E-state index contributed by atoms with van der Waals surface area (Å²) in [4.78, 5) is 13.5. The van der Waals surface area contributed by atoms with Crippen molar-refractivity contribution in [2.24, 2.45) is 5.41 Å². The molecule has 0 saturated heterocycles. The Balaban J connectivity index is 3.14. The van der Waals surface area contributed by atoms with Gasteiger partial charge in [0, 0.05) is 12.1 Å². The van der Waals surface area contributed by atoms with Crippen LogP contribution in [0.3, 0.4) is 0 Å². The van der Waals surface area contributed by atoms with Crippen LogP contribution in [0.1, 0.15) is 32.4 Å². The largest absolute Gasteiger partial charge is 0.337 e. The van der Waals surface area contributed by atoms with Crippen LogP contribution in [0.25, 0.3) is 0 Å². The van der Waals surface area contributed by atoms with Crippen molar-refractivity contribution < 1.29 is 4.79 Å². The Morgan fingerprint density at radius 2 is 1.78 bits per heavy atom. The van der Waals surface area contributed by atoms with Gasteiger partial charge in [0.25, 0.3) is 0 Å². The lowest BCUT2D eigenvalue weighted by atomic mass is 9.81. The predicted octanol–water partition coefficient (Wildman–Crippen LogP) is 4.12. The van der Waals surface area contributed by atoms with Gasteiger partial charge in [-0.3, -0.25) is 4.79 Å². The molecule has 100 valence electrons. The predicted molar refractivity (Wildman–Crippen MR) is 77.1 cm³/mol. The zero-order valence-electron chi connectivity index (χ0n) is 11.2. The summed E-state index contributed by atoms with van der Waals surface area (Å²) in [7, 11) is 1.79. The van der Waals surface area contributed by atoms with E-state index < -0.39 is 0 Å². The molecule has 0 aliphatic rings. The zero-order chi connectivity index (χ0) is 13.9. The molecule has 1 atom stereocenters. The van der Waals surface area contributed by atoms with Gasteiger partial charge in [-0.2, -0.15) is 0 Å². The maximum atomic E-state index is 11.8. The standard InChI is InChI=1S/C14H19Cl2NO/c1-14(2,3)13(17(4)12(18)9-15)10-5-7-11(16)8-6-10/h5-8,13H,9H2,1-4H3. The zero-order valence-corrected chi connectivity index (χ0v) is 12.7. The van der Waals surface area contributed by atoms with Gasteiger partial charge in [0.15, 0.2) is 0 Å². The van der Waals surface area contributed by atoms with Crippen LogP contribution in [0.2, 0.25) is 5.02 Å². The van der Waals surface area contributed by atoms with E-state index in [0.717, 1.165) is 5.56 Å². The first-order valence-corrected chi connectivity index (χ1v) is 6.75. The van der Waals surface area contributed by atoms with Crippen molar-refractivity contribution in [1.29, 1.82) is 0 Å². The molecule has 0 aromatic heterocycles. The van der Waals surface area contributed by atoms with E-state index in [1.807, 2.05) is 24.3 Å². The highest BCUT2D eigenvalue weighted by Crippen LogP contribution is 2.37. The minimum Gasteiger partial charge on any atom is -0.337 e. The van der Waals surface area contributed by atoms with Crippen LogP contribution in [-0.4, -0.2) is 23.7 Å². The molecule has 1 aromatic carbocycles. The van der Waals surface area contributed by atoms with Crippen LogP contribution in [0, 0.1) is 5.41 Å². The van der Waals surface area contributed by atoms with E-state index >= 15 is 0 Å². The molecule has 0 aliphatic carbocycles. The minimum atomic E-state index is -0.0791. The molecule has 0 radical (unpaired) electrons. The highest BCUT2D eigenvalue weighted by Gasteiger charge is 2.32. The Bertz CT molecular complexity index is 409. The number of halogens is 2. The SMILES string of the molecule is CN(C(=O)CCl)C(c1ccc(Cl)cc1)C(C)(C)C. The first-order valence-electron chi connectivity index (χ1n) is 5.84. The minimum absolute atomic E-state index is 0.00330. The van der Waals surface area contributed by atoms with Gasteiger partial charge in [-0.05, 0) is 23.1 Å². The molecule has 18 heavy (non-hydrogen) atoms. The maximum Gasteiger partial charge on any atom is 0.237 e. The molecular formula is C14H19Cl2NO. The molecular weight excluding hydrogens is 269 g/mol. The lowest BCUT2D eigenvalue weighted by Gasteiger charge is -2.38. The first-order chi connectivity index (χ1) is 8.27. The summed E-state index contributed by atoms with van der Waals surface area (Å²) in [5, 5.41) is 0.692. The van der Waals surface area contributed by atoms with Gasteiger partial charge >= 0.3 is 0 Å². The Labute approximate surface area is 119 Å². The van der Waals surface area contributed by atoms with Crippen LogP contribution < -0.4 is 0 Å². The van der Waals surface area contributed by atoms with E-state index in [1.165, 1.54) is 0 Å². The third-order valence-electron chi connectivity index (χ3n) is 2.90. The first kappa shape index (κ1) is 15.3. The second-order valence-electron chi connectivity index (χ2n) is 5.46. The molecule has 4 heteroatoms. The van der Waals surface area contributed by atoms with Gasteiger partial charge in [-0.1, -0.05) is 44.5 Å². The molecule has 0 heterocycles. The normalized spacial score (nSPS) is 13.2. The summed E-state index contributed by atoms with van der Waals surface area (Å²) < 4.78 is 0. The number of nitrogens with zero attached hydrogens (tertiary/aromatic N) is 1. The highest BCUT2D eigenvalue weighted by molar-refractivity contribution is 6.30. The fourth-order valence-corrected chi connectivity index (χ4v) is 2.50. The van der Waals surface area contributed by atoms with Crippen molar-refractivity contribution in [3.8, 4) is 0 Å². The average Bonchev–Trinajstić information content (AvgIpc) is 2.29. The van der Waals surface area contributed by atoms with Crippen LogP contribution in [0.5, 0.6) is 0 Å². The topological polar surface area (TPSA) is 20.3 Å². The number of benzene rings is 1. The van der Waals surface area contributed by atoms with Crippen molar-refractivity contribution in [2.45, 2.75) is 26.8 Å². The Morgan fingerprint density at radius 1 is 1.28 bits per heavy atom. The van der Waals surface area contributed by atoms with E-state index in [0.29, 0.717) is 5.02 Å². The molecule has 1 rings (SSSR count). The maximum absolute atomic E-state index is 11.8. The molecule has 0 bridgehead atoms. The molecule has 1 amide bonds. The summed E-state index contributed by atoms with van der Waals surface area (Å²) in [5.41, 5.74) is 0.984. The molecule has 0 fully saturated rings. The summed E-state index contributed by atoms with van der Waals surface area (Å²) in [5.74, 6) is -0.0806. The second kappa shape index (κ2) is 5.94. The highest BCUT2D eigenvalue weighted by atomic mass is 35.5. The van der Waals surface area contributed by atoms with Crippen LogP contribution >= 0.6 is 23.2 Å². The Hall–Kier alpha value is -0.730. The quantitative estimate of drug-likeness (QED) is 0.766. The molecule has 1 unspecified atom stereocenters. The number of hydrogen-bond donors (Lipinski definition) is 0. The third kappa shape index (κ3) is 3.63. The Morgan fingerprint density at radius 3 is 2.17 bits per heavy atom. The van der Waals surface area contributed by atoms with Crippen molar-refractivity contribution in [3.05, 3.63) is 34.9 Å². The van der Waals surface area contributed by atoms with Gasteiger partial charge in [0.2, 0.25) is 5.91 Å². The van der Waals surface area contributed by atoms with Crippen molar-refractivity contribution in [1.82, 2.24) is 4.90 Å². The van der Waals surface area contributed by atoms with Gasteiger partial charge in [0.05, 0.1) is 6.04 Å². The fourth-order valence-electron chi connectivity index (χ4n) is 2.19. The van der Waals surface area contributed by atoms with Crippen LogP contribution in [0.4, 0.5) is 0 Å². The molecule has 0 aliphatic heterocycles. The molecule has 0 N–H and O–H groups in total.